The van der Waals surface area contributed by atoms with E-state index in [1.165, 1.54) is 22.3 Å². The SMILES string of the molecule is CCNC(=O)C1(Cc2ccccc2-c2ccccc2)CCN(Cc2ccncc2)CC1. The van der Waals surface area contributed by atoms with Crippen molar-refractivity contribution in [3.05, 3.63) is 90.3 Å². The number of piperidine rings is 1. The fourth-order valence-corrected chi connectivity index (χ4v) is 4.66. The maximum Gasteiger partial charge on any atom is 0.226 e. The molecule has 0 radical (unpaired) electrons. The summed E-state index contributed by atoms with van der Waals surface area (Å²) in [5, 5.41) is 3.13. The standard InChI is InChI=1S/C27H31N3O/c1-2-29-26(31)27(14-18-30(19-15-27)21-22-12-16-28-17-13-22)20-24-10-6-7-11-25(24)23-8-4-3-5-9-23/h3-13,16-17H,2,14-15,18-21H2,1H3,(H,29,31). The average molecular weight is 414 g/mol. The normalized spacial score (nSPS) is 16.0. The number of pyridine rings is 1. The number of hydrogen-bond acceptors (Lipinski definition) is 3. The van der Waals surface area contributed by atoms with Crippen molar-refractivity contribution in [3.63, 3.8) is 0 Å². The molecule has 0 spiro atoms. The van der Waals surface area contributed by atoms with E-state index in [0.717, 1.165) is 38.9 Å². The molecule has 1 aromatic heterocycles. The predicted octanol–water partition coefficient (Wildman–Crippen LogP) is 4.71. The summed E-state index contributed by atoms with van der Waals surface area (Å²) in [6.45, 7) is 5.43. The Balaban J connectivity index is 1.56. The zero-order valence-electron chi connectivity index (χ0n) is 18.3. The van der Waals surface area contributed by atoms with E-state index in [2.05, 4.69) is 75.9 Å². The Morgan fingerprint density at radius 2 is 1.65 bits per heavy atom. The third-order valence-electron chi connectivity index (χ3n) is 6.42. The smallest absolute Gasteiger partial charge is 0.226 e. The van der Waals surface area contributed by atoms with Gasteiger partial charge >= 0.3 is 0 Å². The molecule has 1 aliphatic heterocycles. The van der Waals surface area contributed by atoms with Crippen molar-refractivity contribution in [3.8, 4) is 11.1 Å². The van der Waals surface area contributed by atoms with Gasteiger partial charge in [0.05, 0.1) is 5.41 Å². The lowest BCUT2D eigenvalue weighted by atomic mass is 9.72. The highest BCUT2D eigenvalue weighted by atomic mass is 16.2. The van der Waals surface area contributed by atoms with E-state index in [9.17, 15) is 4.79 Å². The van der Waals surface area contributed by atoms with Crippen LogP contribution in [0.25, 0.3) is 11.1 Å². The first kappa shape index (κ1) is 21.3. The molecule has 1 fully saturated rings. The van der Waals surface area contributed by atoms with E-state index in [-0.39, 0.29) is 11.3 Å². The van der Waals surface area contributed by atoms with Crippen LogP contribution < -0.4 is 5.32 Å². The molecule has 2 heterocycles. The highest BCUT2D eigenvalue weighted by molar-refractivity contribution is 5.83. The quantitative estimate of drug-likeness (QED) is 0.610. The van der Waals surface area contributed by atoms with Gasteiger partial charge in [0.15, 0.2) is 0 Å². The van der Waals surface area contributed by atoms with Gasteiger partial charge in [0.25, 0.3) is 0 Å². The minimum atomic E-state index is -0.365. The van der Waals surface area contributed by atoms with E-state index in [1.807, 2.05) is 25.4 Å². The Bertz CT molecular complexity index is 980. The molecular formula is C27H31N3O. The number of hydrogen-bond donors (Lipinski definition) is 1. The molecule has 0 aliphatic carbocycles. The molecule has 4 rings (SSSR count). The van der Waals surface area contributed by atoms with Crippen molar-refractivity contribution in [2.24, 2.45) is 5.41 Å². The molecule has 3 aromatic rings. The second-order valence-electron chi connectivity index (χ2n) is 8.47. The maximum atomic E-state index is 13.3. The molecule has 0 saturated carbocycles. The first-order valence-corrected chi connectivity index (χ1v) is 11.2. The Labute approximate surface area is 185 Å². The van der Waals surface area contributed by atoms with Crippen LogP contribution in [-0.2, 0) is 17.8 Å². The summed E-state index contributed by atoms with van der Waals surface area (Å²) >= 11 is 0. The second kappa shape index (κ2) is 9.88. The molecule has 1 amide bonds. The lowest BCUT2D eigenvalue weighted by molar-refractivity contribution is -0.134. The summed E-state index contributed by atoms with van der Waals surface area (Å²) in [4.78, 5) is 19.9. The van der Waals surface area contributed by atoms with Crippen LogP contribution in [0.3, 0.4) is 0 Å². The highest BCUT2D eigenvalue weighted by Crippen LogP contribution is 2.38. The van der Waals surface area contributed by atoms with E-state index >= 15 is 0 Å². The van der Waals surface area contributed by atoms with Gasteiger partial charge in [-0.3, -0.25) is 14.7 Å². The number of likely N-dealkylation sites (tertiary alicyclic amines) is 1. The number of benzene rings is 2. The van der Waals surface area contributed by atoms with Gasteiger partial charge < -0.3 is 5.32 Å². The number of rotatable bonds is 7. The van der Waals surface area contributed by atoms with E-state index in [1.54, 1.807) is 0 Å². The summed E-state index contributed by atoms with van der Waals surface area (Å²) in [7, 11) is 0. The maximum absolute atomic E-state index is 13.3. The number of nitrogens with zero attached hydrogens (tertiary/aromatic N) is 2. The van der Waals surface area contributed by atoms with E-state index in [4.69, 9.17) is 0 Å². The van der Waals surface area contributed by atoms with Gasteiger partial charge in [-0.05, 0) is 73.7 Å². The fraction of sp³-hybridized carbons (Fsp3) is 0.333. The van der Waals surface area contributed by atoms with Crippen LogP contribution in [0.15, 0.2) is 79.1 Å². The van der Waals surface area contributed by atoms with Gasteiger partial charge in [-0.1, -0.05) is 54.6 Å². The topological polar surface area (TPSA) is 45.2 Å². The van der Waals surface area contributed by atoms with Crippen molar-refractivity contribution in [1.82, 2.24) is 15.2 Å². The van der Waals surface area contributed by atoms with Crippen molar-refractivity contribution >= 4 is 5.91 Å². The number of nitrogens with one attached hydrogen (secondary N) is 1. The summed E-state index contributed by atoms with van der Waals surface area (Å²) in [5.41, 5.74) is 4.60. The molecule has 0 atom stereocenters. The predicted molar refractivity (Wildman–Crippen MR) is 125 cm³/mol. The van der Waals surface area contributed by atoms with Gasteiger partial charge in [-0.15, -0.1) is 0 Å². The van der Waals surface area contributed by atoms with Crippen LogP contribution in [0.1, 0.15) is 30.9 Å². The first-order chi connectivity index (χ1) is 15.2. The second-order valence-corrected chi connectivity index (χ2v) is 8.47. The molecular weight excluding hydrogens is 382 g/mol. The molecule has 1 N–H and O–H groups in total. The summed E-state index contributed by atoms with van der Waals surface area (Å²) in [6.07, 6.45) is 6.20. The Morgan fingerprint density at radius 1 is 0.968 bits per heavy atom. The van der Waals surface area contributed by atoms with Crippen LogP contribution >= 0.6 is 0 Å². The molecule has 0 bridgehead atoms. The highest BCUT2D eigenvalue weighted by Gasteiger charge is 2.41. The molecule has 1 saturated heterocycles. The molecule has 160 valence electrons. The van der Waals surface area contributed by atoms with Crippen LogP contribution in [0, 0.1) is 5.41 Å². The van der Waals surface area contributed by atoms with Gasteiger partial charge in [0, 0.05) is 25.5 Å². The average Bonchev–Trinajstić information content (AvgIpc) is 2.82. The largest absolute Gasteiger partial charge is 0.356 e. The van der Waals surface area contributed by atoms with Crippen molar-refractivity contribution < 1.29 is 4.79 Å². The lowest BCUT2D eigenvalue weighted by Gasteiger charge is -2.41. The number of carbonyl (C=O) groups excluding carboxylic acids is 1. The number of aromatic nitrogens is 1. The zero-order chi connectivity index (χ0) is 21.5. The third kappa shape index (κ3) is 5.02. The molecule has 4 nitrogen and oxygen atoms in total. The summed E-state index contributed by atoms with van der Waals surface area (Å²) < 4.78 is 0. The van der Waals surface area contributed by atoms with Crippen LogP contribution in [0.5, 0.6) is 0 Å². The fourth-order valence-electron chi connectivity index (χ4n) is 4.66. The Morgan fingerprint density at radius 3 is 2.35 bits per heavy atom. The van der Waals surface area contributed by atoms with Crippen LogP contribution in [0.4, 0.5) is 0 Å². The molecule has 4 heteroatoms. The lowest BCUT2D eigenvalue weighted by Crippen LogP contribution is -2.49. The van der Waals surface area contributed by atoms with Gasteiger partial charge in [0.2, 0.25) is 5.91 Å². The van der Waals surface area contributed by atoms with Crippen molar-refractivity contribution in [2.75, 3.05) is 19.6 Å². The van der Waals surface area contributed by atoms with E-state index in [0.29, 0.717) is 6.54 Å². The van der Waals surface area contributed by atoms with Crippen molar-refractivity contribution in [2.45, 2.75) is 32.7 Å². The molecule has 31 heavy (non-hydrogen) atoms. The first-order valence-electron chi connectivity index (χ1n) is 11.2. The minimum absolute atomic E-state index is 0.196. The van der Waals surface area contributed by atoms with Crippen molar-refractivity contribution in [1.29, 1.82) is 0 Å². The molecule has 2 aromatic carbocycles. The van der Waals surface area contributed by atoms with Crippen LogP contribution in [0.2, 0.25) is 0 Å². The van der Waals surface area contributed by atoms with E-state index < -0.39 is 0 Å². The monoisotopic (exact) mass is 413 g/mol. The van der Waals surface area contributed by atoms with Gasteiger partial charge in [-0.2, -0.15) is 0 Å². The summed E-state index contributed by atoms with van der Waals surface area (Å²) in [5.74, 6) is 0.196. The summed E-state index contributed by atoms with van der Waals surface area (Å²) in [6, 6.07) is 23.2. The third-order valence-corrected chi connectivity index (χ3v) is 6.42. The van der Waals surface area contributed by atoms with Gasteiger partial charge in [-0.25, -0.2) is 0 Å². The van der Waals surface area contributed by atoms with Crippen LogP contribution in [-0.4, -0.2) is 35.4 Å². The van der Waals surface area contributed by atoms with Gasteiger partial charge in [0.1, 0.15) is 0 Å². The molecule has 0 unspecified atom stereocenters. The zero-order valence-corrected chi connectivity index (χ0v) is 18.3. The molecule has 1 aliphatic rings. The number of amides is 1. The minimum Gasteiger partial charge on any atom is -0.356 e. The Kier molecular flexibility index (Phi) is 6.78. The Hall–Kier alpha value is -2.98. The number of carbonyl (C=O) groups is 1.